The molecule has 11 heteroatoms. The van der Waals surface area contributed by atoms with E-state index in [2.05, 4.69) is 26.0 Å². The van der Waals surface area contributed by atoms with E-state index in [4.69, 9.17) is 0 Å². The van der Waals surface area contributed by atoms with Crippen LogP contribution in [0.25, 0.3) is 5.65 Å². The Morgan fingerprint density at radius 1 is 1.24 bits per heavy atom. The summed E-state index contributed by atoms with van der Waals surface area (Å²) in [5.74, 6) is 0.689. The highest BCUT2D eigenvalue weighted by molar-refractivity contribution is 6.00. The van der Waals surface area contributed by atoms with Crippen LogP contribution in [0.3, 0.4) is 0 Å². The van der Waals surface area contributed by atoms with E-state index in [1.165, 1.54) is 10.7 Å². The first-order valence-electron chi connectivity index (χ1n) is 11.0. The topological polar surface area (TPSA) is 122 Å². The fourth-order valence-electron chi connectivity index (χ4n) is 4.16. The summed E-state index contributed by atoms with van der Waals surface area (Å²) in [5.41, 5.74) is 0.613. The number of fused-ring (bicyclic) bond motifs is 1. The molecule has 0 saturated heterocycles. The maximum absolute atomic E-state index is 13.2. The standard InChI is InChI=1S/C22H24FN7O3/c1-24-19-10-18(28-20-14(11-25-30(19)20)21(32)27-17-9-15(17)23)26-16-3-2-8-29(22(16)33)12-4-6-13(31)7-5-12/h2-3,8,10-12,15,17,24H,4-7,9H2,1H3,(H,26,28)(H,27,32)/t15-,17+/m0/s1. The molecular weight excluding hydrogens is 429 g/mol. The lowest BCUT2D eigenvalue weighted by Gasteiger charge is -2.23. The number of carbonyl (C=O) groups is 2. The van der Waals surface area contributed by atoms with E-state index in [0.29, 0.717) is 49.4 Å². The Bertz CT molecular complexity index is 1290. The van der Waals surface area contributed by atoms with Crippen molar-refractivity contribution in [1.29, 1.82) is 0 Å². The summed E-state index contributed by atoms with van der Waals surface area (Å²) in [5, 5.41) is 12.9. The number of nitrogens with one attached hydrogen (secondary N) is 3. The quantitative estimate of drug-likeness (QED) is 0.523. The number of rotatable bonds is 6. The summed E-state index contributed by atoms with van der Waals surface area (Å²) in [6.45, 7) is 0. The molecule has 3 aromatic rings. The Morgan fingerprint density at radius 3 is 2.70 bits per heavy atom. The van der Waals surface area contributed by atoms with Gasteiger partial charge in [0.1, 0.15) is 34.8 Å². The van der Waals surface area contributed by atoms with Crippen molar-refractivity contribution < 1.29 is 14.0 Å². The number of hydrogen-bond acceptors (Lipinski definition) is 7. The minimum Gasteiger partial charge on any atom is -0.373 e. The molecule has 2 aliphatic carbocycles. The van der Waals surface area contributed by atoms with Gasteiger partial charge in [-0.05, 0) is 25.0 Å². The van der Waals surface area contributed by atoms with Gasteiger partial charge in [0, 0.05) is 44.6 Å². The van der Waals surface area contributed by atoms with Gasteiger partial charge in [-0.1, -0.05) is 0 Å². The number of nitrogens with zero attached hydrogens (tertiary/aromatic N) is 4. The van der Waals surface area contributed by atoms with Crippen LogP contribution in [0.4, 0.5) is 21.7 Å². The number of Topliss-reactive ketones (excluding diaryl/α,β-unsaturated/α-hetero) is 1. The smallest absolute Gasteiger partial charge is 0.274 e. The first-order chi connectivity index (χ1) is 15.9. The monoisotopic (exact) mass is 453 g/mol. The average molecular weight is 453 g/mol. The fourth-order valence-corrected chi connectivity index (χ4v) is 4.16. The van der Waals surface area contributed by atoms with Crippen molar-refractivity contribution in [2.24, 2.45) is 0 Å². The number of anilines is 3. The third-order valence-corrected chi connectivity index (χ3v) is 6.15. The SMILES string of the molecule is CNc1cc(Nc2cccn(C3CCC(=O)CC3)c2=O)nc2c(C(=O)N[C@@H]3C[C@@H]3F)cnn12. The third kappa shape index (κ3) is 4.06. The predicted molar refractivity (Wildman–Crippen MR) is 120 cm³/mol. The van der Waals surface area contributed by atoms with Gasteiger partial charge in [0.15, 0.2) is 5.65 Å². The third-order valence-electron chi connectivity index (χ3n) is 6.15. The van der Waals surface area contributed by atoms with E-state index >= 15 is 0 Å². The molecule has 3 N–H and O–H groups in total. The van der Waals surface area contributed by atoms with Gasteiger partial charge in [-0.2, -0.15) is 9.61 Å². The van der Waals surface area contributed by atoms with Crippen LogP contribution in [-0.4, -0.2) is 50.1 Å². The van der Waals surface area contributed by atoms with Crippen LogP contribution in [0.15, 0.2) is 35.4 Å². The first-order valence-corrected chi connectivity index (χ1v) is 11.0. The second kappa shape index (κ2) is 8.30. The van der Waals surface area contributed by atoms with Crippen molar-refractivity contribution >= 4 is 34.7 Å². The maximum atomic E-state index is 13.2. The zero-order valence-corrected chi connectivity index (χ0v) is 18.0. The normalized spacial score (nSPS) is 20.6. The molecule has 2 aliphatic rings. The van der Waals surface area contributed by atoms with Gasteiger partial charge >= 0.3 is 0 Å². The summed E-state index contributed by atoms with van der Waals surface area (Å²) >= 11 is 0. The largest absolute Gasteiger partial charge is 0.373 e. The molecule has 0 bridgehead atoms. The van der Waals surface area contributed by atoms with Crippen LogP contribution >= 0.6 is 0 Å². The molecular formula is C22H24FN7O3. The second-order valence-electron chi connectivity index (χ2n) is 8.43. The molecule has 0 unspecified atom stereocenters. The molecule has 2 fully saturated rings. The molecule has 1 amide bonds. The zero-order valence-electron chi connectivity index (χ0n) is 18.0. The van der Waals surface area contributed by atoms with E-state index in [0.717, 1.165) is 0 Å². The number of amides is 1. The van der Waals surface area contributed by atoms with E-state index < -0.39 is 18.1 Å². The molecule has 5 rings (SSSR count). The number of ketones is 1. The zero-order chi connectivity index (χ0) is 23.1. The molecule has 2 saturated carbocycles. The van der Waals surface area contributed by atoms with Crippen molar-refractivity contribution in [1.82, 2.24) is 24.5 Å². The van der Waals surface area contributed by atoms with Gasteiger partial charge in [-0.25, -0.2) is 9.37 Å². The van der Waals surface area contributed by atoms with Crippen LogP contribution in [0.1, 0.15) is 48.5 Å². The number of aromatic nitrogens is 4. The molecule has 2 atom stereocenters. The highest BCUT2D eigenvalue weighted by atomic mass is 19.1. The van der Waals surface area contributed by atoms with Crippen LogP contribution < -0.4 is 21.5 Å². The summed E-state index contributed by atoms with van der Waals surface area (Å²) in [6.07, 6.45) is 4.66. The van der Waals surface area contributed by atoms with Crippen molar-refractivity contribution in [2.45, 2.75) is 50.4 Å². The lowest BCUT2D eigenvalue weighted by Crippen LogP contribution is -2.29. The summed E-state index contributed by atoms with van der Waals surface area (Å²) < 4.78 is 16.4. The molecule has 0 radical (unpaired) electrons. The molecule has 10 nitrogen and oxygen atoms in total. The van der Waals surface area contributed by atoms with Crippen LogP contribution in [0.2, 0.25) is 0 Å². The van der Waals surface area contributed by atoms with Gasteiger partial charge in [0.25, 0.3) is 11.5 Å². The van der Waals surface area contributed by atoms with Gasteiger partial charge in [0.2, 0.25) is 0 Å². The summed E-state index contributed by atoms with van der Waals surface area (Å²) in [6, 6.07) is 4.62. The lowest BCUT2D eigenvalue weighted by atomic mass is 9.94. The Labute approximate surface area is 188 Å². The van der Waals surface area contributed by atoms with Gasteiger partial charge in [0.05, 0.1) is 12.2 Å². The summed E-state index contributed by atoms with van der Waals surface area (Å²) in [7, 11) is 1.71. The van der Waals surface area contributed by atoms with E-state index in [-0.39, 0.29) is 28.6 Å². The van der Waals surface area contributed by atoms with Crippen LogP contribution in [-0.2, 0) is 4.79 Å². The first kappa shape index (κ1) is 21.1. The fraction of sp³-hybridized carbons (Fsp3) is 0.409. The molecule has 0 aromatic carbocycles. The Hall–Kier alpha value is -3.76. The second-order valence-corrected chi connectivity index (χ2v) is 8.43. The van der Waals surface area contributed by atoms with E-state index in [1.807, 2.05) is 0 Å². The minimum atomic E-state index is -1.02. The van der Waals surface area contributed by atoms with Gasteiger partial charge < -0.3 is 20.5 Å². The molecule has 3 aromatic heterocycles. The van der Waals surface area contributed by atoms with E-state index in [9.17, 15) is 18.8 Å². The molecule has 33 heavy (non-hydrogen) atoms. The Balaban J connectivity index is 1.46. The van der Waals surface area contributed by atoms with Crippen molar-refractivity contribution in [3.63, 3.8) is 0 Å². The van der Waals surface area contributed by atoms with E-state index in [1.54, 1.807) is 36.0 Å². The maximum Gasteiger partial charge on any atom is 0.274 e. The number of halogens is 1. The number of hydrogen-bond donors (Lipinski definition) is 3. The van der Waals surface area contributed by atoms with Crippen molar-refractivity contribution in [2.75, 3.05) is 17.7 Å². The Kier molecular flexibility index (Phi) is 5.31. The lowest BCUT2D eigenvalue weighted by molar-refractivity contribution is -0.120. The van der Waals surface area contributed by atoms with Gasteiger partial charge in [-0.3, -0.25) is 14.4 Å². The average Bonchev–Trinajstić information content (AvgIpc) is 3.32. The molecule has 0 spiro atoms. The highest BCUT2D eigenvalue weighted by Gasteiger charge is 2.39. The molecule has 0 aliphatic heterocycles. The van der Waals surface area contributed by atoms with Crippen molar-refractivity contribution in [3.05, 3.63) is 46.5 Å². The highest BCUT2D eigenvalue weighted by Crippen LogP contribution is 2.27. The van der Waals surface area contributed by atoms with Crippen molar-refractivity contribution in [3.8, 4) is 0 Å². The number of alkyl halides is 1. The molecule has 3 heterocycles. The predicted octanol–water partition coefficient (Wildman–Crippen LogP) is 2.20. The number of pyridine rings is 1. The number of carbonyl (C=O) groups excluding carboxylic acids is 2. The molecule has 172 valence electrons. The van der Waals surface area contributed by atoms with Crippen LogP contribution in [0.5, 0.6) is 0 Å². The Morgan fingerprint density at radius 2 is 2.00 bits per heavy atom. The van der Waals surface area contributed by atoms with Crippen LogP contribution in [0, 0.1) is 0 Å². The minimum absolute atomic E-state index is 0.0212. The summed E-state index contributed by atoms with van der Waals surface area (Å²) in [4.78, 5) is 41.8. The van der Waals surface area contributed by atoms with Gasteiger partial charge in [-0.15, -0.1) is 0 Å².